The predicted octanol–water partition coefficient (Wildman–Crippen LogP) is 2.26. The van der Waals surface area contributed by atoms with Crippen molar-refractivity contribution in [2.24, 2.45) is 17.6 Å². The highest BCUT2D eigenvalue weighted by Gasteiger charge is 2.37. The van der Waals surface area contributed by atoms with Crippen molar-refractivity contribution in [2.75, 3.05) is 18.0 Å². The molecule has 1 aromatic carbocycles. The predicted molar refractivity (Wildman–Crippen MR) is 72.1 cm³/mol. The van der Waals surface area contributed by atoms with Gasteiger partial charge in [0.2, 0.25) is 0 Å². The first-order chi connectivity index (χ1) is 9.17. The van der Waals surface area contributed by atoms with Gasteiger partial charge in [-0.05, 0) is 49.3 Å². The third-order valence-corrected chi connectivity index (χ3v) is 4.51. The topological polar surface area (TPSA) is 53.0 Å². The normalized spacial score (nSPS) is 29.9. The molecule has 3 rings (SSSR count). The number of fused-ring (bicyclic) bond motifs is 1. The van der Waals surface area contributed by atoms with Gasteiger partial charge >= 0.3 is 0 Å². The van der Waals surface area contributed by atoms with Crippen LogP contribution in [0.1, 0.15) is 24.8 Å². The molecule has 2 fully saturated rings. The van der Waals surface area contributed by atoms with Crippen LogP contribution in [0.4, 0.5) is 10.1 Å². The molecular weight excluding hydrogens is 241 g/mol. The standard InChI is InChI=1S/C15H18FN3/c16-14-5-10(7-17)1-4-15(14)19-8-11-2-3-13(18)6-12(11)9-19/h1,4-5,11-13H,2-3,6,8-9,18H2/t11-,12+,13?/m1/s1. The number of anilines is 1. The third kappa shape index (κ3) is 2.31. The van der Waals surface area contributed by atoms with E-state index < -0.39 is 0 Å². The molecule has 0 radical (unpaired) electrons. The number of nitrogens with zero attached hydrogens (tertiary/aromatic N) is 2. The molecule has 0 spiro atoms. The van der Waals surface area contributed by atoms with Gasteiger partial charge in [-0.15, -0.1) is 0 Å². The van der Waals surface area contributed by atoms with Crippen molar-refractivity contribution in [1.82, 2.24) is 0 Å². The Morgan fingerprint density at radius 2 is 2.05 bits per heavy atom. The Labute approximate surface area is 112 Å². The van der Waals surface area contributed by atoms with Crippen molar-refractivity contribution in [3.05, 3.63) is 29.6 Å². The molecule has 1 heterocycles. The van der Waals surface area contributed by atoms with Gasteiger partial charge in [-0.2, -0.15) is 5.26 Å². The van der Waals surface area contributed by atoms with Crippen LogP contribution in [0.5, 0.6) is 0 Å². The SMILES string of the molecule is N#Cc1ccc(N2C[C@H]3CCC(N)C[C@H]3C2)c(F)c1. The summed E-state index contributed by atoms with van der Waals surface area (Å²) in [6.07, 6.45) is 3.30. The lowest BCUT2D eigenvalue weighted by molar-refractivity contribution is 0.271. The van der Waals surface area contributed by atoms with E-state index in [1.807, 2.05) is 6.07 Å². The van der Waals surface area contributed by atoms with Crippen LogP contribution in [0.25, 0.3) is 0 Å². The maximum Gasteiger partial charge on any atom is 0.147 e. The number of hydrogen-bond acceptors (Lipinski definition) is 3. The zero-order chi connectivity index (χ0) is 13.4. The fourth-order valence-corrected chi connectivity index (χ4v) is 3.50. The fraction of sp³-hybridized carbons (Fsp3) is 0.533. The van der Waals surface area contributed by atoms with Gasteiger partial charge in [0.1, 0.15) is 5.82 Å². The Bertz CT molecular complexity index is 523. The van der Waals surface area contributed by atoms with Crippen molar-refractivity contribution in [3.8, 4) is 6.07 Å². The first-order valence-corrected chi connectivity index (χ1v) is 6.87. The Hall–Kier alpha value is -1.60. The number of hydrogen-bond donors (Lipinski definition) is 1. The van der Waals surface area contributed by atoms with E-state index in [0.29, 0.717) is 29.1 Å². The molecule has 1 unspecified atom stereocenters. The summed E-state index contributed by atoms with van der Waals surface area (Å²) in [7, 11) is 0. The van der Waals surface area contributed by atoms with Crippen molar-refractivity contribution in [3.63, 3.8) is 0 Å². The molecule has 100 valence electrons. The molecule has 3 nitrogen and oxygen atoms in total. The van der Waals surface area contributed by atoms with Crippen LogP contribution in [-0.2, 0) is 0 Å². The van der Waals surface area contributed by atoms with Crippen LogP contribution in [0.15, 0.2) is 18.2 Å². The molecule has 4 heteroatoms. The van der Waals surface area contributed by atoms with E-state index in [0.717, 1.165) is 32.4 Å². The van der Waals surface area contributed by atoms with Gasteiger partial charge < -0.3 is 10.6 Å². The summed E-state index contributed by atoms with van der Waals surface area (Å²) < 4.78 is 14.0. The second-order valence-electron chi connectivity index (χ2n) is 5.78. The molecule has 2 N–H and O–H groups in total. The lowest BCUT2D eigenvalue weighted by Crippen LogP contribution is -2.32. The number of halogens is 1. The average Bonchev–Trinajstić information content (AvgIpc) is 2.81. The second-order valence-corrected chi connectivity index (χ2v) is 5.78. The fourth-order valence-electron chi connectivity index (χ4n) is 3.50. The Morgan fingerprint density at radius 1 is 1.26 bits per heavy atom. The minimum atomic E-state index is -0.290. The van der Waals surface area contributed by atoms with E-state index in [1.54, 1.807) is 12.1 Å². The molecule has 1 aromatic rings. The van der Waals surface area contributed by atoms with Crippen LogP contribution in [0.3, 0.4) is 0 Å². The lowest BCUT2D eigenvalue weighted by atomic mass is 9.79. The monoisotopic (exact) mass is 259 g/mol. The molecule has 1 aliphatic carbocycles. The van der Waals surface area contributed by atoms with E-state index in [1.165, 1.54) is 6.07 Å². The highest BCUT2D eigenvalue weighted by molar-refractivity contribution is 5.52. The van der Waals surface area contributed by atoms with Gasteiger partial charge in [-0.3, -0.25) is 0 Å². The summed E-state index contributed by atoms with van der Waals surface area (Å²) in [6.45, 7) is 1.81. The third-order valence-electron chi connectivity index (χ3n) is 4.51. The van der Waals surface area contributed by atoms with E-state index in [2.05, 4.69) is 4.90 Å². The zero-order valence-corrected chi connectivity index (χ0v) is 10.8. The van der Waals surface area contributed by atoms with E-state index >= 15 is 0 Å². The van der Waals surface area contributed by atoms with Gasteiger partial charge in [-0.1, -0.05) is 0 Å². The first-order valence-electron chi connectivity index (χ1n) is 6.87. The number of nitrogens with two attached hydrogens (primary N) is 1. The molecule has 1 saturated carbocycles. The maximum atomic E-state index is 14.0. The van der Waals surface area contributed by atoms with Gasteiger partial charge in [0.25, 0.3) is 0 Å². The maximum absolute atomic E-state index is 14.0. The smallest absolute Gasteiger partial charge is 0.147 e. The molecule has 1 saturated heterocycles. The van der Waals surface area contributed by atoms with Gasteiger partial charge in [0, 0.05) is 19.1 Å². The number of nitriles is 1. The Morgan fingerprint density at radius 3 is 2.79 bits per heavy atom. The van der Waals surface area contributed by atoms with Crippen LogP contribution in [-0.4, -0.2) is 19.1 Å². The van der Waals surface area contributed by atoms with E-state index in [9.17, 15) is 4.39 Å². The van der Waals surface area contributed by atoms with Crippen LogP contribution < -0.4 is 10.6 Å². The summed E-state index contributed by atoms with van der Waals surface area (Å²) in [5, 5.41) is 8.77. The summed E-state index contributed by atoms with van der Waals surface area (Å²) in [5.74, 6) is 0.954. The zero-order valence-electron chi connectivity index (χ0n) is 10.8. The summed E-state index contributed by atoms with van der Waals surface area (Å²) >= 11 is 0. The Kier molecular flexibility index (Phi) is 3.16. The highest BCUT2D eigenvalue weighted by Crippen LogP contribution is 2.38. The molecule has 0 amide bonds. The Balaban J connectivity index is 1.79. The first kappa shape index (κ1) is 12.4. The second kappa shape index (κ2) is 4.82. The summed E-state index contributed by atoms with van der Waals surface area (Å²) in [4.78, 5) is 2.11. The van der Waals surface area contributed by atoms with Gasteiger partial charge in [0.05, 0.1) is 17.3 Å². The van der Waals surface area contributed by atoms with Crippen molar-refractivity contribution in [1.29, 1.82) is 5.26 Å². The average molecular weight is 259 g/mol. The minimum absolute atomic E-state index is 0.290. The largest absolute Gasteiger partial charge is 0.369 e. The molecule has 0 bridgehead atoms. The minimum Gasteiger partial charge on any atom is -0.369 e. The van der Waals surface area contributed by atoms with Gasteiger partial charge in [0.15, 0.2) is 0 Å². The van der Waals surface area contributed by atoms with Crippen molar-refractivity contribution in [2.45, 2.75) is 25.3 Å². The van der Waals surface area contributed by atoms with Crippen molar-refractivity contribution >= 4 is 5.69 Å². The van der Waals surface area contributed by atoms with Crippen LogP contribution >= 0.6 is 0 Å². The van der Waals surface area contributed by atoms with E-state index in [-0.39, 0.29) is 5.82 Å². The van der Waals surface area contributed by atoms with Crippen LogP contribution in [0.2, 0.25) is 0 Å². The molecule has 3 atom stereocenters. The summed E-state index contributed by atoms with van der Waals surface area (Å²) in [5.41, 5.74) is 7.02. The molecule has 19 heavy (non-hydrogen) atoms. The lowest BCUT2D eigenvalue weighted by Gasteiger charge is -2.27. The van der Waals surface area contributed by atoms with Crippen LogP contribution in [0, 0.1) is 29.0 Å². The quantitative estimate of drug-likeness (QED) is 0.841. The van der Waals surface area contributed by atoms with E-state index in [4.69, 9.17) is 11.0 Å². The molecule has 0 aromatic heterocycles. The van der Waals surface area contributed by atoms with Gasteiger partial charge in [-0.25, -0.2) is 4.39 Å². The molecule has 1 aliphatic heterocycles. The number of rotatable bonds is 1. The highest BCUT2D eigenvalue weighted by atomic mass is 19.1. The molecule has 2 aliphatic rings. The number of benzene rings is 1. The summed E-state index contributed by atoms with van der Waals surface area (Å²) in [6, 6.07) is 7.01. The molecular formula is C15H18FN3. The van der Waals surface area contributed by atoms with Crippen molar-refractivity contribution < 1.29 is 4.39 Å².